The molecule has 0 bridgehead atoms. The van der Waals surface area contributed by atoms with Gasteiger partial charge in [0.05, 0.1) is 12.1 Å². The van der Waals surface area contributed by atoms with E-state index in [1.54, 1.807) is 7.05 Å². The van der Waals surface area contributed by atoms with Crippen LogP contribution >= 0.6 is 0 Å². The minimum absolute atomic E-state index is 0.346. The summed E-state index contributed by atoms with van der Waals surface area (Å²) in [5.74, 6) is 3.01. The van der Waals surface area contributed by atoms with Crippen LogP contribution in [0.5, 0.6) is 0 Å². The number of anilines is 1. The van der Waals surface area contributed by atoms with Gasteiger partial charge in [-0.1, -0.05) is 6.92 Å². The smallest absolute Gasteiger partial charge is 0.419 e. The number of aryl methyl sites for hydroxylation is 1. The zero-order valence-electron chi connectivity index (χ0n) is 12.6. The molecule has 4 rings (SSSR count). The topological polar surface area (TPSA) is 60.3 Å². The zero-order chi connectivity index (χ0) is 15.3. The van der Waals surface area contributed by atoms with E-state index < -0.39 is 0 Å². The van der Waals surface area contributed by atoms with Crippen LogP contribution in [0.2, 0.25) is 0 Å². The molecule has 1 N–H and O–H groups in total. The van der Waals surface area contributed by atoms with Gasteiger partial charge in [0, 0.05) is 24.7 Å². The Labute approximate surface area is 127 Å². The van der Waals surface area contributed by atoms with Crippen molar-refractivity contribution < 1.29 is 8.83 Å². The summed E-state index contributed by atoms with van der Waals surface area (Å²) in [7, 11) is 1.70. The molecule has 0 spiro atoms. The normalized spacial score (nSPS) is 20.5. The highest BCUT2D eigenvalue weighted by Crippen LogP contribution is 2.47. The van der Waals surface area contributed by atoms with Gasteiger partial charge in [-0.2, -0.15) is 0 Å². The van der Waals surface area contributed by atoms with Crippen LogP contribution in [0.25, 0.3) is 11.1 Å². The predicted molar refractivity (Wildman–Crippen MR) is 84.0 cm³/mol. The van der Waals surface area contributed by atoms with Crippen LogP contribution in [0.4, 0.5) is 5.69 Å². The maximum Gasteiger partial charge on any atom is 0.419 e. The van der Waals surface area contributed by atoms with E-state index in [9.17, 15) is 4.79 Å². The van der Waals surface area contributed by atoms with Gasteiger partial charge in [0.25, 0.3) is 0 Å². The van der Waals surface area contributed by atoms with Crippen molar-refractivity contribution in [2.24, 2.45) is 13.0 Å². The fourth-order valence-corrected chi connectivity index (χ4v) is 2.84. The van der Waals surface area contributed by atoms with Crippen molar-refractivity contribution in [2.75, 3.05) is 5.32 Å². The average Bonchev–Trinajstić information content (AvgIpc) is 2.95. The Morgan fingerprint density at radius 3 is 2.86 bits per heavy atom. The van der Waals surface area contributed by atoms with E-state index in [0.29, 0.717) is 18.0 Å². The SMILES string of the molecule is CC1CC1c1ccc(CNc2ccc3c(c2)oc(=O)n3C)o1. The van der Waals surface area contributed by atoms with Gasteiger partial charge in [-0.15, -0.1) is 0 Å². The molecule has 2 aromatic heterocycles. The van der Waals surface area contributed by atoms with E-state index in [2.05, 4.69) is 18.3 Å². The molecule has 0 amide bonds. The number of nitrogens with one attached hydrogen (secondary N) is 1. The number of rotatable bonds is 4. The molecule has 1 saturated carbocycles. The number of hydrogen-bond acceptors (Lipinski definition) is 4. The van der Waals surface area contributed by atoms with Gasteiger partial charge in [-0.3, -0.25) is 4.57 Å². The summed E-state index contributed by atoms with van der Waals surface area (Å²) in [5.41, 5.74) is 2.28. The van der Waals surface area contributed by atoms with Crippen LogP contribution < -0.4 is 11.1 Å². The van der Waals surface area contributed by atoms with Gasteiger partial charge in [0.15, 0.2) is 5.58 Å². The number of benzene rings is 1. The second kappa shape index (κ2) is 4.80. The largest absolute Gasteiger partial charge is 0.464 e. The number of oxazole rings is 1. The van der Waals surface area contributed by atoms with Gasteiger partial charge < -0.3 is 14.2 Å². The molecule has 2 heterocycles. The van der Waals surface area contributed by atoms with Crippen LogP contribution in [0.15, 0.2) is 44.0 Å². The molecule has 1 aromatic carbocycles. The standard InChI is InChI=1S/C17H18N2O3/c1-10-7-13(10)15-6-4-12(21-15)9-18-11-3-5-14-16(8-11)22-17(20)19(14)2/h3-6,8,10,13,18H,7,9H2,1-2H3. The second-order valence-electron chi connectivity index (χ2n) is 6.09. The fraction of sp³-hybridized carbons (Fsp3) is 0.353. The molecule has 22 heavy (non-hydrogen) atoms. The molecular formula is C17H18N2O3. The summed E-state index contributed by atoms with van der Waals surface area (Å²) in [6.07, 6.45) is 1.23. The third-order valence-electron chi connectivity index (χ3n) is 4.42. The molecule has 2 atom stereocenters. The number of furan rings is 1. The van der Waals surface area contributed by atoms with Gasteiger partial charge in [0.2, 0.25) is 0 Å². The Kier molecular flexibility index (Phi) is 2.89. The molecule has 1 aliphatic rings. The van der Waals surface area contributed by atoms with Gasteiger partial charge in [-0.25, -0.2) is 4.79 Å². The van der Waals surface area contributed by atoms with Crippen LogP contribution in [-0.4, -0.2) is 4.57 Å². The molecule has 0 radical (unpaired) electrons. The van der Waals surface area contributed by atoms with Crippen LogP contribution in [-0.2, 0) is 13.6 Å². The number of nitrogens with zero attached hydrogens (tertiary/aromatic N) is 1. The predicted octanol–water partition coefficient (Wildman–Crippen LogP) is 3.46. The van der Waals surface area contributed by atoms with E-state index >= 15 is 0 Å². The summed E-state index contributed by atoms with van der Waals surface area (Å²) >= 11 is 0. The summed E-state index contributed by atoms with van der Waals surface area (Å²) in [5, 5.41) is 3.30. The molecule has 0 saturated heterocycles. The van der Waals surface area contributed by atoms with Crippen molar-refractivity contribution in [1.29, 1.82) is 0 Å². The van der Waals surface area contributed by atoms with Crippen molar-refractivity contribution in [3.05, 3.63) is 52.4 Å². The van der Waals surface area contributed by atoms with Gasteiger partial charge >= 0.3 is 5.76 Å². The minimum Gasteiger partial charge on any atom is -0.464 e. The molecule has 2 unspecified atom stereocenters. The Morgan fingerprint density at radius 2 is 2.09 bits per heavy atom. The van der Waals surface area contributed by atoms with Crippen LogP contribution in [0, 0.1) is 5.92 Å². The molecule has 1 fully saturated rings. The maximum atomic E-state index is 11.5. The highest BCUT2D eigenvalue weighted by atomic mass is 16.4. The first-order valence-electron chi connectivity index (χ1n) is 7.54. The van der Waals surface area contributed by atoms with E-state index in [0.717, 1.165) is 28.6 Å². The molecular weight excluding hydrogens is 280 g/mol. The van der Waals surface area contributed by atoms with Gasteiger partial charge in [0.1, 0.15) is 11.5 Å². The minimum atomic E-state index is -0.346. The number of fused-ring (bicyclic) bond motifs is 1. The highest BCUT2D eigenvalue weighted by Gasteiger charge is 2.36. The first-order chi connectivity index (χ1) is 10.6. The monoisotopic (exact) mass is 298 g/mol. The zero-order valence-corrected chi connectivity index (χ0v) is 12.6. The van der Waals surface area contributed by atoms with Crippen molar-refractivity contribution in [2.45, 2.75) is 25.8 Å². The molecule has 0 aliphatic heterocycles. The summed E-state index contributed by atoms with van der Waals surface area (Å²) in [4.78, 5) is 11.5. The lowest BCUT2D eigenvalue weighted by atomic mass is 10.2. The second-order valence-corrected chi connectivity index (χ2v) is 6.09. The molecule has 5 heteroatoms. The quantitative estimate of drug-likeness (QED) is 0.801. The summed E-state index contributed by atoms with van der Waals surface area (Å²) in [6, 6.07) is 9.74. The van der Waals surface area contributed by atoms with Crippen LogP contribution in [0.3, 0.4) is 0 Å². The summed E-state index contributed by atoms with van der Waals surface area (Å²) in [6.45, 7) is 2.86. The first-order valence-corrected chi connectivity index (χ1v) is 7.54. The molecule has 114 valence electrons. The Bertz CT molecular complexity index is 887. The maximum absolute atomic E-state index is 11.5. The Balaban J connectivity index is 1.49. The van der Waals surface area contributed by atoms with E-state index in [1.807, 2.05) is 24.3 Å². The lowest BCUT2D eigenvalue weighted by Gasteiger charge is -2.04. The van der Waals surface area contributed by atoms with Crippen molar-refractivity contribution in [3.8, 4) is 0 Å². The Hall–Kier alpha value is -2.43. The number of hydrogen-bond donors (Lipinski definition) is 1. The molecule has 5 nitrogen and oxygen atoms in total. The Morgan fingerprint density at radius 1 is 1.27 bits per heavy atom. The summed E-state index contributed by atoms with van der Waals surface area (Å²) < 4.78 is 12.6. The highest BCUT2D eigenvalue weighted by molar-refractivity contribution is 5.77. The molecule has 1 aliphatic carbocycles. The number of aromatic nitrogens is 1. The van der Waals surface area contributed by atoms with Crippen molar-refractivity contribution >= 4 is 16.8 Å². The van der Waals surface area contributed by atoms with Crippen molar-refractivity contribution in [3.63, 3.8) is 0 Å². The lowest BCUT2D eigenvalue weighted by molar-refractivity contribution is 0.468. The van der Waals surface area contributed by atoms with Crippen molar-refractivity contribution in [1.82, 2.24) is 4.57 Å². The van der Waals surface area contributed by atoms with E-state index in [-0.39, 0.29) is 5.76 Å². The van der Waals surface area contributed by atoms with E-state index in [1.165, 1.54) is 11.0 Å². The first kappa shape index (κ1) is 13.2. The van der Waals surface area contributed by atoms with Gasteiger partial charge in [-0.05, 0) is 36.6 Å². The third kappa shape index (κ3) is 2.22. The van der Waals surface area contributed by atoms with E-state index in [4.69, 9.17) is 8.83 Å². The fourth-order valence-electron chi connectivity index (χ4n) is 2.84. The molecule has 3 aromatic rings. The lowest BCUT2D eigenvalue weighted by Crippen LogP contribution is -2.08. The average molecular weight is 298 g/mol. The third-order valence-corrected chi connectivity index (χ3v) is 4.42. The van der Waals surface area contributed by atoms with Crippen LogP contribution in [0.1, 0.15) is 30.8 Å².